The average Bonchev–Trinajstić information content (AvgIpc) is 2.99. The Kier molecular flexibility index (Phi) is 4.38. The Morgan fingerprint density at radius 2 is 1.92 bits per heavy atom. The van der Waals surface area contributed by atoms with Gasteiger partial charge in [0.05, 0.1) is 10.2 Å². The number of thioether (sulfide) groups is 1. The van der Waals surface area contributed by atoms with E-state index >= 15 is 0 Å². The summed E-state index contributed by atoms with van der Waals surface area (Å²) in [6.45, 7) is 18.7. The molecule has 2 radical (unpaired) electrons. The summed E-state index contributed by atoms with van der Waals surface area (Å²) in [7, 11) is -1.82. The zero-order chi connectivity index (χ0) is 17.8. The fraction of sp³-hybridized carbons (Fsp3) is 0.500. The van der Waals surface area contributed by atoms with Crippen LogP contribution >= 0.6 is 23.1 Å². The number of benzene rings is 1. The molecule has 1 aliphatic rings. The molecule has 1 aliphatic heterocycles. The number of thiazole rings is 1. The van der Waals surface area contributed by atoms with Gasteiger partial charge in [0, 0.05) is 4.75 Å². The summed E-state index contributed by atoms with van der Waals surface area (Å²) in [6, 6.07) is 6.21. The minimum absolute atomic E-state index is 0.0657. The quantitative estimate of drug-likeness (QED) is 0.617. The van der Waals surface area contributed by atoms with Gasteiger partial charge in [-0.1, -0.05) is 32.5 Å². The number of hydrogen-bond donors (Lipinski definition) is 0. The fourth-order valence-corrected chi connectivity index (χ4v) is 5.02. The lowest BCUT2D eigenvalue weighted by atomic mass is 10.2. The number of hydrogen-bond acceptors (Lipinski definition) is 5. The van der Waals surface area contributed by atoms with Crippen LogP contribution in [0.15, 0.2) is 23.2 Å². The molecular formula is C18H24N2OS2Si. The van der Waals surface area contributed by atoms with Gasteiger partial charge in [-0.15, -0.1) is 11.3 Å². The monoisotopic (exact) mass is 376 g/mol. The molecule has 0 atom stereocenters. The maximum Gasteiger partial charge on any atom is 0.250 e. The van der Waals surface area contributed by atoms with Crippen molar-refractivity contribution in [2.45, 2.75) is 57.5 Å². The van der Waals surface area contributed by atoms with Gasteiger partial charge in [-0.05, 0) is 50.2 Å². The van der Waals surface area contributed by atoms with E-state index in [1.807, 2.05) is 6.07 Å². The van der Waals surface area contributed by atoms with Crippen LogP contribution in [-0.4, -0.2) is 23.1 Å². The minimum atomic E-state index is -1.82. The van der Waals surface area contributed by atoms with Crippen LogP contribution in [0.2, 0.25) is 18.1 Å². The topological polar surface area (TPSA) is 34.5 Å². The molecule has 0 N–H and O–H groups in total. The molecule has 1 aromatic heterocycles. The zero-order valence-electron chi connectivity index (χ0n) is 15.4. The smallest absolute Gasteiger partial charge is 0.250 e. The van der Waals surface area contributed by atoms with Crippen molar-refractivity contribution in [3.05, 3.63) is 29.8 Å². The Bertz CT molecular complexity index is 803. The maximum atomic E-state index is 6.41. The van der Waals surface area contributed by atoms with Gasteiger partial charge < -0.3 is 4.43 Å². The highest BCUT2D eigenvalue weighted by molar-refractivity contribution is 8.16. The molecule has 0 fully saturated rings. The van der Waals surface area contributed by atoms with Gasteiger partial charge in [0.25, 0.3) is 0 Å². The summed E-state index contributed by atoms with van der Waals surface area (Å²) in [5.41, 5.74) is 1.01. The number of aromatic nitrogens is 1. The lowest BCUT2D eigenvalue weighted by molar-refractivity contribution is 0.493. The lowest BCUT2D eigenvalue weighted by Crippen LogP contribution is -2.43. The van der Waals surface area contributed by atoms with E-state index in [1.165, 1.54) is 0 Å². The van der Waals surface area contributed by atoms with Crippen molar-refractivity contribution in [2.75, 3.05) is 0 Å². The van der Waals surface area contributed by atoms with Crippen molar-refractivity contribution in [2.24, 2.45) is 4.99 Å². The van der Waals surface area contributed by atoms with Gasteiger partial charge in [-0.3, -0.25) is 4.99 Å². The second kappa shape index (κ2) is 5.85. The molecule has 3 nitrogen and oxygen atoms in total. The standard InChI is InChI=1S/C18H24N2OS2Si/c1-17(2,3)24(6,7)21-12-8-9-13-14(10-12)22-16(20-13)15-19-11-18(4,5)23-15/h8-10H,1-7H3. The van der Waals surface area contributed by atoms with Crippen molar-refractivity contribution in [3.63, 3.8) is 0 Å². The predicted molar refractivity (Wildman–Crippen MR) is 109 cm³/mol. The van der Waals surface area contributed by atoms with Crippen molar-refractivity contribution in [1.82, 2.24) is 4.98 Å². The molecule has 0 saturated heterocycles. The lowest BCUT2D eigenvalue weighted by Gasteiger charge is -2.36. The summed E-state index contributed by atoms with van der Waals surface area (Å²) < 4.78 is 7.49. The first-order valence-electron chi connectivity index (χ1n) is 8.11. The molecule has 0 unspecified atom stereocenters. The summed E-state index contributed by atoms with van der Waals surface area (Å²) in [5, 5.41) is 2.12. The van der Waals surface area contributed by atoms with Gasteiger partial charge in [0.15, 0.2) is 0 Å². The molecule has 0 aliphatic carbocycles. The first kappa shape index (κ1) is 18.0. The SMILES string of the molecule is CC1(C)[C]N=C(c2nc3ccc(O[Si](C)(C)C(C)(C)C)cc3s2)S1. The molecule has 6 heteroatoms. The van der Waals surface area contributed by atoms with Crippen LogP contribution in [0, 0.1) is 6.54 Å². The zero-order valence-corrected chi connectivity index (χ0v) is 18.0. The largest absolute Gasteiger partial charge is 0.543 e. The van der Waals surface area contributed by atoms with E-state index < -0.39 is 8.32 Å². The number of fused-ring (bicyclic) bond motifs is 1. The number of rotatable bonds is 3. The van der Waals surface area contributed by atoms with Crippen molar-refractivity contribution >= 4 is 46.7 Å². The van der Waals surface area contributed by atoms with Gasteiger partial charge in [-0.25, -0.2) is 4.98 Å². The van der Waals surface area contributed by atoms with Crippen LogP contribution in [0.3, 0.4) is 0 Å². The minimum Gasteiger partial charge on any atom is -0.543 e. The molecule has 0 amide bonds. The van der Waals surface area contributed by atoms with Crippen LogP contribution < -0.4 is 4.43 Å². The number of aliphatic imine (C=N–C) groups is 1. The van der Waals surface area contributed by atoms with Gasteiger partial charge in [-0.2, -0.15) is 0 Å². The fourth-order valence-electron chi connectivity index (χ4n) is 2.07. The van der Waals surface area contributed by atoms with E-state index in [2.05, 4.69) is 71.4 Å². The molecule has 24 heavy (non-hydrogen) atoms. The third-order valence-corrected chi connectivity index (χ3v) is 11.1. The molecule has 2 heterocycles. The molecule has 2 aromatic rings. The van der Waals surface area contributed by atoms with Gasteiger partial charge in [0.2, 0.25) is 8.32 Å². The number of nitrogens with zero attached hydrogens (tertiary/aromatic N) is 2. The van der Waals surface area contributed by atoms with Gasteiger partial charge >= 0.3 is 0 Å². The first-order chi connectivity index (χ1) is 11.0. The molecule has 1 aromatic carbocycles. The highest BCUT2D eigenvalue weighted by Gasteiger charge is 2.39. The highest BCUT2D eigenvalue weighted by atomic mass is 32.2. The summed E-state index contributed by atoms with van der Waals surface area (Å²) in [5.74, 6) is 0.948. The summed E-state index contributed by atoms with van der Waals surface area (Å²) in [6.07, 6.45) is 0. The van der Waals surface area contributed by atoms with Crippen LogP contribution in [0.5, 0.6) is 5.75 Å². The third-order valence-electron chi connectivity index (χ3n) is 4.50. The summed E-state index contributed by atoms with van der Waals surface area (Å²) in [4.78, 5) is 9.15. The van der Waals surface area contributed by atoms with E-state index in [0.717, 1.165) is 26.0 Å². The molecule has 0 bridgehead atoms. The van der Waals surface area contributed by atoms with E-state index in [9.17, 15) is 0 Å². The van der Waals surface area contributed by atoms with Crippen LogP contribution in [-0.2, 0) is 0 Å². The third kappa shape index (κ3) is 3.55. The molecule has 0 saturated carbocycles. The van der Waals surface area contributed by atoms with Crippen LogP contribution in [0.1, 0.15) is 39.6 Å². The second-order valence-corrected chi connectivity index (χ2v) is 15.5. The first-order valence-corrected chi connectivity index (χ1v) is 12.6. The van der Waals surface area contributed by atoms with E-state index in [0.29, 0.717) is 0 Å². The molecule has 0 spiro atoms. The Balaban J connectivity index is 1.88. The van der Waals surface area contributed by atoms with E-state index in [4.69, 9.17) is 9.41 Å². The van der Waals surface area contributed by atoms with E-state index in [-0.39, 0.29) is 9.79 Å². The molecule has 3 rings (SSSR count). The maximum absolute atomic E-state index is 6.41. The Morgan fingerprint density at radius 3 is 2.50 bits per heavy atom. The Hall–Kier alpha value is -0.853. The molecular weight excluding hydrogens is 352 g/mol. The normalized spacial score (nSPS) is 18.0. The van der Waals surface area contributed by atoms with Crippen molar-refractivity contribution in [3.8, 4) is 5.75 Å². The van der Waals surface area contributed by atoms with Crippen LogP contribution in [0.25, 0.3) is 10.2 Å². The van der Waals surface area contributed by atoms with Crippen molar-refractivity contribution < 1.29 is 4.43 Å². The van der Waals surface area contributed by atoms with Crippen molar-refractivity contribution in [1.29, 1.82) is 0 Å². The van der Waals surface area contributed by atoms with E-state index in [1.54, 1.807) is 23.1 Å². The summed E-state index contributed by atoms with van der Waals surface area (Å²) >= 11 is 3.39. The predicted octanol–water partition coefficient (Wildman–Crippen LogP) is 5.99. The molecule has 128 valence electrons. The Morgan fingerprint density at radius 1 is 1.21 bits per heavy atom. The average molecular weight is 377 g/mol. The second-order valence-electron chi connectivity index (χ2n) is 8.15. The highest BCUT2D eigenvalue weighted by Crippen LogP contribution is 2.41. The van der Waals surface area contributed by atoms with Crippen LogP contribution in [0.4, 0.5) is 0 Å². The van der Waals surface area contributed by atoms with Gasteiger partial charge in [0.1, 0.15) is 22.3 Å². The Labute approximate surface area is 154 Å².